The molecule has 1 saturated carbocycles. The number of rotatable bonds is 4. The van der Waals surface area contributed by atoms with E-state index in [2.05, 4.69) is 9.80 Å². The van der Waals surface area contributed by atoms with Crippen LogP contribution in [-0.4, -0.2) is 53.7 Å². The summed E-state index contributed by atoms with van der Waals surface area (Å²) >= 11 is 0. The molecule has 0 amide bonds. The molecule has 1 N–H and O–H groups in total. The third-order valence-electron chi connectivity index (χ3n) is 4.24. The van der Waals surface area contributed by atoms with E-state index in [1.165, 1.54) is 25.0 Å². The van der Waals surface area contributed by atoms with Crippen LogP contribution in [0.2, 0.25) is 0 Å². The molecular weight excluding hydrogens is 262 g/mol. The first-order chi connectivity index (χ1) is 9.65. The van der Waals surface area contributed by atoms with Crippen LogP contribution in [0.3, 0.4) is 0 Å². The minimum atomic E-state index is -0.974. The van der Waals surface area contributed by atoms with Gasteiger partial charge in [0, 0.05) is 44.3 Å². The van der Waals surface area contributed by atoms with Crippen LogP contribution in [0, 0.1) is 11.6 Å². The maximum Gasteiger partial charge on any atom is 0.164 e. The molecule has 1 heterocycles. The van der Waals surface area contributed by atoms with Crippen molar-refractivity contribution in [3.63, 3.8) is 0 Å². The van der Waals surface area contributed by atoms with Gasteiger partial charge in [0.1, 0.15) is 0 Å². The second-order valence-electron chi connectivity index (χ2n) is 5.73. The van der Waals surface area contributed by atoms with Crippen LogP contribution in [0.15, 0.2) is 18.2 Å². The zero-order valence-electron chi connectivity index (χ0n) is 11.4. The molecule has 1 atom stereocenters. The number of aliphatic hydroxyl groups is 1. The lowest BCUT2D eigenvalue weighted by Crippen LogP contribution is -2.48. The Balaban J connectivity index is 1.56. The number of aliphatic hydroxyl groups excluding tert-OH is 1. The third-order valence-corrected chi connectivity index (χ3v) is 4.24. The van der Waals surface area contributed by atoms with Crippen LogP contribution in [0.25, 0.3) is 0 Å². The van der Waals surface area contributed by atoms with Gasteiger partial charge >= 0.3 is 0 Å². The van der Waals surface area contributed by atoms with Gasteiger partial charge in [0.2, 0.25) is 0 Å². The smallest absolute Gasteiger partial charge is 0.164 e. The Hall–Kier alpha value is -1.04. The minimum absolute atomic E-state index is 0.0506. The number of β-amino-alcohol motifs (C(OH)–C–C–N with tert-alkyl or cyclic N) is 1. The maximum absolute atomic E-state index is 13.6. The molecule has 1 aliphatic heterocycles. The van der Waals surface area contributed by atoms with Gasteiger partial charge in [-0.15, -0.1) is 0 Å². The van der Waals surface area contributed by atoms with E-state index in [1.54, 1.807) is 0 Å². The molecule has 1 aromatic rings. The molecule has 0 bridgehead atoms. The van der Waals surface area contributed by atoms with Gasteiger partial charge < -0.3 is 5.11 Å². The summed E-state index contributed by atoms with van der Waals surface area (Å²) in [6, 6.07) is 4.72. The molecule has 110 valence electrons. The Morgan fingerprint density at radius 2 is 1.85 bits per heavy atom. The lowest BCUT2D eigenvalue weighted by molar-refractivity contribution is 0.0681. The van der Waals surface area contributed by atoms with Crippen molar-refractivity contribution in [2.75, 3.05) is 32.7 Å². The van der Waals surface area contributed by atoms with Gasteiger partial charge in [-0.05, 0) is 18.9 Å². The highest BCUT2D eigenvalue weighted by Crippen LogP contribution is 2.28. The van der Waals surface area contributed by atoms with Crippen molar-refractivity contribution < 1.29 is 13.9 Å². The Morgan fingerprint density at radius 1 is 1.15 bits per heavy atom. The monoisotopic (exact) mass is 282 g/mol. The van der Waals surface area contributed by atoms with Crippen molar-refractivity contribution in [1.82, 2.24) is 9.80 Å². The maximum atomic E-state index is 13.6. The lowest BCUT2D eigenvalue weighted by atomic mass is 10.1. The SMILES string of the molecule is OC(CN1CCN(C2CC2)CC1)c1cccc(F)c1F. The highest BCUT2D eigenvalue weighted by molar-refractivity contribution is 5.21. The van der Waals surface area contributed by atoms with Gasteiger partial charge in [-0.25, -0.2) is 8.78 Å². The summed E-state index contributed by atoms with van der Waals surface area (Å²) in [5.41, 5.74) is 0.0506. The molecule has 3 rings (SSSR count). The number of benzene rings is 1. The third kappa shape index (κ3) is 3.00. The Kier molecular flexibility index (Phi) is 4.01. The Morgan fingerprint density at radius 3 is 2.50 bits per heavy atom. The lowest BCUT2D eigenvalue weighted by Gasteiger charge is -2.35. The summed E-state index contributed by atoms with van der Waals surface area (Å²) in [6.45, 7) is 4.12. The summed E-state index contributed by atoms with van der Waals surface area (Å²) in [5.74, 6) is -1.84. The fraction of sp³-hybridized carbons (Fsp3) is 0.600. The van der Waals surface area contributed by atoms with E-state index in [-0.39, 0.29) is 5.56 Å². The fourth-order valence-corrected chi connectivity index (χ4v) is 2.87. The average molecular weight is 282 g/mol. The van der Waals surface area contributed by atoms with E-state index < -0.39 is 17.7 Å². The van der Waals surface area contributed by atoms with Crippen LogP contribution < -0.4 is 0 Å². The first-order valence-corrected chi connectivity index (χ1v) is 7.23. The first-order valence-electron chi connectivity index (χ1n) is 7.23. The molecule has 5 heteroatoms. The zero-order chi connectivity index (χ0) is 14.1. The van der Waals surface area contributed by atoms with Crippen molar-refractivity contribution in [3.05, 3.63) is 35.4 Å². The molecule has 2 fully saturated rings. The van der Waals surface area contributed by atoms with Crippen molar-refractivity contribution in [1.29, 1.82) is 0 Å². The van der Waals surface area contributed by atoms with Crippen molar-refractivity contribution >= 4 is 0 Å². The number of halogens is 2. The van der Waals surface area contributed by atoms with Gasteiger partial charge in [0.15, 0.2) is 11.6 Å². The van der Waals surface area contributed by atoms with Crippen LogP contribution in [0.1, 0.15) is 24.5 Å². The molecule has 1 aliphatic carbocycles. The molecule has 0 aromatic heterocycles. The predicted octanol–water partition coefficient (Wildman–Crippen LogP) is 1.78. The van der Waals surface area contributed by atoms with Crippen LogP contribution in [0.4, 0.5) is 8.78 Å². The number of piperazine rings is 1. The minimum Gasteiger partial charge on any atom is -0.387 e. The molecule has 1 saturated heterocycles. The highest BCUT2D eigenvalue weighted by Gasteiger charge is 2.31. The van der Waals surface area contributed by atoms with Crippen molar-refractivity contribution in [3.8, 4) is 0 Å². The highest BCUT2D eigenvalue weighted by atomic mass is 19.2. The van der Waals surface area contributed by atoms with Crippen molar-refractivity contribution in [2.45, 2.75) is 25.0 Å². The number of hydrogen-bond donors (Lipinski definition) is 1. The fourth-order valence-electron chi connectivity index (χ4n) is 2.87. The average Bonchev–Trinajstić information content (AvgIpc) is 3.27. The first kappa shape index (κ1) is 13.9. The van der Waals surface area contributed by atoms with E-state index in [4.69, 9.17) is 0 Å². The zero-order valence-corrected chi connectivity index (χ0v) is 11.4. The van der Waals surface area contributed by atoms with Gasteiger partial charge in [-0.1, -0.05) is 12.1 Å². The second-order valence-corrected chi connectivity index (χ2v) is 5.73. The normalized spacial score (nSPS) is 22.9. The molecular formula is C15H20F2N2O. The van der Waals surface area contributed by atoms with Gasteiger partial charge in [0.05, 0.1) is 6.10 Å². The van der Waals surface area contributed by atoms with Crippen LogP contribution in [-0.2, 0) is 0 Å². The van der Waals surface area contributed by atoms with Crippen LogP contribution >= 0.6 is 0 Å². The van der Waals surface area contributed by atoms with Gasteiger partial charge in [-0.3, -0.25) is 9.80 Å². The van der Waals surface area contributed by atoms with Gasteiger partial charge in [0.25, 0.3) is 0 Å². The number of hydrogen-bond acceptors (Lipinski definition) is 3. The second kappa shape index (κ2) is 5.76. The van der Waals surface area contributed by atoms with Crippen molar-refractivity contribution in [2.24, 2.45) is 0 Å². The molecule has 20 heavy (non-hydrogen) atoms. The summed E-state index contributed by atoms with van der Waals surface area (Å²) in [5, 5.41) is 10.1. The molecule has 1 aromatic carbocycles. The van der Waals surface area contributed by atoms with E-state index in [0.29, 0.717) is 6.54 Å². The molecule has 0 spiro atoms. The summed E-state index contributed by atoms with van der Waals surface area (Å²) in [4.78, 5) is 4.60. The van der Waals surface area contributed by atoms with Gasteiger partial charge in [-0.2, -0.15) is 0 Å². The molecule has 1 unspecified atom stereocenters. The Labute approximate surface area is 117 Å². The topological polar surface area (TPSA) is 26.7 Å². The predicted molar refractivity (Wildman–Crippen MR) is 72.4 cm³/mol. The molecule has 0 radical (unpaired) electrons. The molecule has 2 aliphatic rings. The van der Waals surface area contributed by atoms with E-state index in [9.17, 15) is 13.9 Å². The van der Waals surface area contributed by atoms with E-state index in [0.717, 1.165) is 38.3 Å². The summed E-state index contributed by atoms with van der Waals surface area (Å²) in [7, 11) is 0. The number of nitrogens with zero attached hydrogens (tertiary/aromatic N) is 2. The quantitative estimate of drug-likeness (QED) is 0.912. The summed E-state index contributed by atoms with van der Waals surface area (Å²) < 4.78 is 26.8. The van der Waals surface area contributed by atoms with Crippen LogP contribution in [0.5, 0.6) is 0 Å². The standard InChI is InChI=1S/C15H20F2N2O/c16-13-3-1-2-12(15(13)17)14(20)10-18-6-8-19(9-7-18)11-4-5-11/h1-3,11,14,20H,4-10H2. The Bertz CT molecular complexity index is 471. The summed E-state index contributed by atoms with van der Waals surface area (Å²) in [6.07, 6.45) is 1.63. The van der Waals surface area contributed by atoms with E-state index >= 15 is 0 Å². The largest absolute Gasteiger partial charge is 0.387 e. The van der Waals surface area contributed by atoms with E-state index in [1.807, 2.05) is 0 Å². The molecule has 3 nitrogen and oxygen atoms in total.